The van der Waals surface area contributed by atoms with Gasteiger partial charge in [0.25, 0.3) is 0 Å². The Labute approximate surface area is 136 Å². The van der Waals surface area contributed by atoms with Gasteiger partial charge in [0.2, 0.25) is 11.8 Å². The van der Waals surface area contributed by atoms with Crippen molar-refractivity contribution >= 4 is 45.0 Å². The molecule has 21 heavy (non-hydrogen) atoms. The molecule has 1 aliphatic rings. The Bertz CT molecular complexity index is 580. The van der Waals surface area contributed by atoms with Crippen LogP contribution < -0.4 is 5.32 Å². The first-order chi connectivity index (χ1) is 9.93. The highest BCUT2D eigenvalue weighted by molar-refractivity contribution is 9.10. The lowest BCUT2D eigenvalue weighted by atomic mass is 10.1. The molecule has 1 heterocycles. The summed E-state index contributed by atoms with van der Waals surface area (Å²) in [5.41, 5.74) is 0.226. The number of hydrogen-bond donors (Lipinski definition) is 2. The topological polar surface area (TPSA) is 69.6 Å². The fourth-order valence-corrected chi connectivity index (χ4v) is 3.23. The van der Waals surface area contributed by atoms with E-state index in [1.807, 2.05) is 6.92 Å². The Morgan fingerprint density at radius 3 is 2.86 bits per heavy atom. The van der Waals surface area contributed by atoms with Crippen LogP contribution in [0.1, 0.15) is 26.2 Å². The molecule has 1 fully saturated rings. The van der Waals surface area contributed by atoms with E-state index in [4.69, 9.17) is 11.6 Å². The molecular formula is C14H16BrClN2O3. The number of phenolic OH excluding ortho intramolecular Hbond substituents is 1. The molecule has 2 amide bonds. The molecule has 1 aliphatic heterocycles. The van der Waals surface area contributed by atoms with Crippen LogP contribution in [0, 0.1) is 0 Å². The van der Waals surface area contributed by atoms with Gasteiger partial charge in [0.1, 0.15) is 6.04 Å². The molecule has 1 saturated heterocycles. The Kier molecular flexibility index (Phi) is 5.11. The molecule has 0 aliphatic carbocycles. The fourth-order valence-electron chi connectivity index (χ4n) is 2.42. The Morgan fingerprint density at radius 2 is 2.29 bits per heavy atom. The maximum atomic E-state index is 12.4. The number of anilines is 1. The molecule has 0 aromatic heterocycles. The van der Waals surface area contributed by atoms with Crippen molar-refractivity contribution in [2.75, 3.05) is 11.9 Å². The number of carbonyl (C=O) groups is 2. The lowest BCUT2D eigenvalue weighted by Crippen LogP contribution is -2.44. The number of benzene rings is 1. The number of phenols is 1. The van der Waals surface area contributed by atoms with E-state index < -0.39 is 6.04 Å². The summed E-state index contributed by atoms with van der Waals surface area (Å²) < 4.78 is 0.399. The van der Waals surface area contributed by atoms with Crippen LogP contribution in [-0.2, 0) is 9.59 Å². The van der Waals surface area contributed by atoms with E-state index in [1.165, 1.54) is 12.1 Å². The van der Waals surface area contributed by atoms with Crippen LogP contribution in [0.15, 0.2) is 16.6 Å². The zero-order valence-corrected chi connectivity index (χ0v) is 13.9. The average molecular weight is 376 g/mol. The number of nitrogens with one attached hydrogen (secondary N) is 1. The van der Waals surface area contributed by atoms with Gasteiger partial charge in [-0.2, -0.15) is 0 Å². The van der Waals surface area contributed by atoms with Crippen molar-refractivity contribution in [1.29, 1.82) is 0 Å². The predicted octanol–water partition coefficient (Wildman–Crippen LogP) is 3.15. The highest BCUT2D eigenvalue weighted by atomic mass is 79.9. The zero-order chi connectivity index (χ0) is 15.6. The number of likely N-dealkylation sites (tertiary alicyclic amines) is 1. The summed E-state index contributed by atoms with van der Waals surface area (Å²) in [5, 5.41) is 13.0. The number of amides is 2. The monoisotopic (exact) mass is 374 g/mol. The van der Waals surface area contributed by atoms with Crippen LogP contribution in [0.3, 0.4) is 0 Å². The van der Waals surface area contributed by atoms with Crippen LogP contribution in [0.2, 0.25) is 5.02 Å². The summed E-state index contributed by atoms with van der Waals surface area (Å²) in [6.07, 6.45) is 1.77. The third-order valence-corrected chi connectivity index (χ3v) is 4.28. The van der Waals surface area contributed by atoms with E-state index in [9.17, 15) is 14.7 Å². The van der Waals surface area contributed by atoms with Gasteiger partial charge in [-0.1, -0.05) is 18.5 Å². The zero-order valence-electron chi connectivity index (χ0n) is 11.5. The van der Waals surface area contributed by atoms with Crippen LogP contribution >= 0.6 is 27.5 Å². The molecular weight excluding hydrogens is 360 g/mol. The maximum Gasteiger partial charge on any atom is 0.247 e. The first-order valence-corrected chi connectivity index (χ1v) is 7.89. The smallest absolute Gasteiger partial charge is 0.247 e. The third kappa shape index (κ3) is 3.49. The number of hydrogen-bond acceptors (Lipinski definition) is 3. The second kappa shape index (κ2) is 6.66. The first-order valence-electron chi connectivity index (χ1n) is 6.72. The lowest BCUT2D eigenvalue weighted by Gasteiger charge is -2.26. The molecule has 2 rings (SSSR count). The van der Waals surface area contributed by atoms with E-state index in [0.717, 1.165) is 6.42 Å². The van der Waals surface area contributed by atoms with E-state index in [1.54, 1.807) is 4.90 Å². The molecule has 7 heteroatoms. The van der Waals surface area contributed by atoms with Gasteiger partial charge in [0, 0.05) is 18.0 Å². The van der Waals surface area contributed by atoms with Crippen molar-refractivity contribution in [2.45, 2.75) is 32.2 Å². The summed E-state index contributed by atoms with van der Waals surface area (Å²) >= 11 is 9.08. The van der Waals surface area contributed by atoms with Crippen LogP contribution in [0.4, 0.5) is 5.69 Å². The van der Waals surface area contributed by atoms with Gasteiger partial charge in [-0.05, 0) is 40.9 Å². The highest BCUT2D eigenvalue weighted by Gasteiger charge is 2.31. The molecule has 5 nitrogen and oxygen atoms in total. The predicted molar refractivity (Wildman–Crippen MR) is 84.5 cm³/mol. The average Bonchev–Trinajstić information content (AvgIpc) is 2.83. The van der Waals surface area contributed by atoms with Crippen LogP contribution in [-0.4, -0.2) is 34.4 Å². The third-order valence-electron chi connectivity index (χ3n) is 3.46. The van der Waals surface area contributed by atoms with Crippen molar-refractivity contribution in [3.05, 3.63) is 21.6 Å². The number of carbonyl (C=O) groups excluding carboxylic acids is 2. The van der Waals surface area contributed by atoms with Gasteiger partial charge in [-0.25, -0.2) is 0 Å². The largest absolute Gasteiger partial charge is 0.505 e. The molecule has 0 saturated carbocycles. The van der Waals surface area contributed by atoms with Crippen molar-refractivity contribution in [1.82, 2.24) is 4.90 Å². The van der Waals surface area contributed by atoms with Crippen LogP contribution in [0.5, 0.6) is 5.75 Å². The normalized spacial score (nSPS) is 16.1. The Hall–Kier alpha value is -1.27. The van der Waals surface area contributed by atoms with E-state index in [0.29, 0.717) is 28.9 Å². The first kappa shape index (κ1) is 16.1. The van der Waals surface area contributed by atoms with Gasteiger partial charge in [-0.15, -0.1) is 0 Å². The maximum absolute atomic E-state index is 12.4. The minimum Gasteiger partial charge on any atom is -0.505 e. The van der Waals surface area contributed by atoms with Gasteiger partial charge >= 0.3 is 0 Å². The minimum atomic E-state index is -0.530. The lowest BCUT2D eigenvalue weighted by molar-refractivity contribution is -0.135. The summed E-state index contributed by atoms with van der Waals surface area (Å²) in [4.78, 5) is 25.7. The van der Waals surface area contributed by atoms with Crippen molar-refractivity contribution < 1.29 is 14.7 Å². The fraction of sp³-hybridized carbons (Fsp3) is 0.429. The molecule has 0 radical (unpaired) electrons. The van der Waals surface area contributed by atoms with Crippen molar-refractivity contribution in [3.8, 4) is 5.75 Å². The van der Waals surface area contributed by atoms with E-state index in [2.05, 4.69) is 21.2 Å². The number of nitrogens with zero attached hydrogens (tertiary/aromatic N) is 1. The molecule has 0 unspecified atom stereocenters. The van der Waals surface area contributed by atoms with E-state index in [-0.39, 0.29) is 23.3 Å². The molecule has 1 atom stereocenters. The molecule has 114 valence electrons. The molecule has 2 N–H and O–H groups in total. The van der Waals surface area contributed by atoms with Gasteiger partial charge in [0.05, 0.1) is 10.2 Å². The summed E-state index contributed by atoms with van der Waals surface area (Å²) in [7, 11) is 0. The van der Waals surface area contributed by atoms with Gasteiger partial charge < -0.3 is 15.3 Å². The molecule has 1 aromatic rings. The number of halogens is 2. The molecule has 0 spiro atoms. The van der Waals surface area contributed by atoms with Gasteiger partial charge in [0.15, 0.2) is 5.75 Å². The van der Waals surface area contributed by atoms with Crippen molar-refractivity contribution in [3.63, 3.8) is 0 Å². The van der Waals surface area contributed by atoms with Crippen LogP contribution in [0.25, 0.3) is 0 Å². The Morgan fingerprint density at radius 1 is 1.57 bits per heavy atom. The van der Waals surface area contributed by atoms with Crippen molar-refractivity contribution in [2.24, 2.45) is 0 Å². The minimum absolute atomic E-state index is 0.00602. The second-order valence-electron chi connectivity index (χ2n) is 4.89. The van der Waals surface area contributed by atoms with E-state index >= 15 is 0 Å². The standard InChI is InChI=1S/C14H16BrClN2O3/c1-2-11(18-5-3-4-12(18)19)14(21)17-10-7-8(16)6-9(15)13(10)20/h6-7,11,20H,2-5H2,1H3,(H,17,21)/t11-/m0/s1. The van der Waals surface area contributed by atoms with Gasteiger partial charge in [-0.3, -0.25) is 9.59 Å². The summed E-state index contributed by atoms with van der Waals surface area (Å²) in [6.45, 7) is 2.44. The molecule has 0 bridgehead atoms. The summed E-state index contributed by atoms with van der Waals surface area (Å²) in [5.74, 6) is -0.416. The highest BCUT2D eigenvalue weighted by Crippen LogP contribution is 2.35. The number of rotatable bonds is 4. The quantitative estimate of drug-likeness (QED) is 0.794. The second-order valence-corrected chi connectivity index (χ2v) is 6.18. The Balaban J connectivity index is 2.18. The molecule has 1 aromatic carbocycles. The SMILES string of the molecule is CC[C@@H](C(=O)Nc1cc(Cl)cc(Br)c1O)N1CCCC1=O. The summed E-state index contributed by atoms with van der Waals surface area (Å²) in [6, 6.07) is 2.48. The number of aromatic hydroxyl groups is 1.